The number of likely N-dealkylation sites (N-methyl/N-ethyl adjacent to an activating group) is 1. The SMILES string of the molecule is COCC(O)CN(C)S(=O)(=O)c1cccnc1CN. The zero-order chi connectivity index (χ0) is 14.5. The van der Waals surface area contributed by atoms with Gasteiger partial charge in [-0.15, -0.1) is 0 Å². The van der Waals surface area contributed by atoms with Gasteiger partial charge in [-0.05, 0) is 12.1 Å². The first kappa shape index (κ1) is 16.0. The molecule has 0 saturated heterocycles. The summed E-state index contributed by atoms with van der Waals surface area (Å²) in [5.41, 5.74) is 5.78. The summed E-state index contributed by atoms with van der Waals surface area (Å²) in [5.74, 6) is 0. The number of sulfonamides is 1. The highest BCUT2D eigenvalue weighted by Gasteiger charge is 2.25. The molecule has 1 aromatic heterocycles. The Morgan fingerprint density at radius 1 is 1.58 bits per heavy atom. The number of aliphatic hydroxyl groups excluding tert-OH is 1. The van der Waals surface area contributed by atoms with Crippen molar-refractivity contribution in [2.45, 2.75) is 17.5 Å². The smallest absolute Gasteiger partial charge is 0.244 e. The zero-order valence-electron chi connectivity index (χ0n) is 11.0. The molecule has 0 aliphatic heterocycles. The van der Waals surface area contributed by atoms with Crippen molar-refractivity contribution in [1.29, 1.82) is 0 Å². The van der Waals surface area contributed by atoms with Gasteiger partial charge in [0.1, 0.15) is 4.90 Å². The van der Waals surface area contributed by atoms with E-state index in [1.807, 2.05) is 0 Å². The Hall–Kier alpha value is -1.06. The lowest BCUT2D eigenvalue weighted by Gasteiger charge is -2.21. The molecule has 3 N–H and O–H groups in total. The molecule has 1 rings (SSSR count). The lowest BCUT2D eigenvalue weighted by Crippen LogP contribution is -2.36. The summed E-state index contributed by atoms with van der Waals surface area (Å²) in [6, 6.07) is 2.98. The monoisotopic (exact) mass is 289 g/mol. The van der Waals surface area contributed by atoms with Crippen LogP contribution in [-0.2, 0) is 21.3 Å². The van der Waals surface area contributed by atoms with Crippen LogP contribution < -0.4 is 5.73 Å². The normalized spacial score (nSPS) is 13.7. The molecule has 0 aliphatic rings. The maximum absolute atomic E-state index is 12.3. The third-order valence-corrected chi connectivity index (χ3v) is 4.45. The van der Waals surface area contributed by atoms with Gasteiger partial charge >= 0.3 is 0 Å². The van der Waals surface area contributed by atoms with E-state index in [1.165, 1.54) is 32.5 Å². The van der Waals surface area contributed by atoms with E-state index in [2.05, 4.69) is 4.98 Å². The van der Waals surface area contributed by atoms with Crippen molar-refractivity contribution in [1.82, 2.24) is 9.29 Å². The quantitative estimate of drug-likeness (QED) is 0.678. The van der Waals surface area contributed by atoms with Crippen LogP contribution in [0.3, 0.4) is 0 Å². The second-order valence-corrected chi connectivity index (χ2v) is 6.06. The van der Waals surface area contributed by atoms with Gasteiger partial charge in [-0.3, -0.25) is 4.98 Å². The fourth-order valence-corrected chi connectivity index (χ4v) is 3.01. The Labute approximate surface area is 113 Å². The van der Waals surface area contributed by atoms with Gasteiger partial charge < -0.3 is 15.6 Å². The summed E-state index contributed by atoms with van der Waals surface area (Å²) in [5, 5.41) is 9.58. The van der Waals surface area contributed by atoms with E-state index >= 15 is 0 Å². The van der Waals surface area contributed by atoms with Crippen molar-refractivity contribution in [3.05, 3.63) is 24.0 Å². The minimum Gasteiger partial charge on any atom is -0.389 e. The number of ether oxygens (including phenoxy) is 1. The standard InChI is InChI=1S/C11H19N3O4S/c1-14(7-9(15)8-18-2)19(16,17)11-4-3-5-13-10(11)6-12/h3-5,9,15H,6-8,12H2,1-2H3. The topological polar surface area (TPSA) is 106 Å². The number of pyridine rings is 1. The van der Waals surface area contributed by atoms with Crippen molar-refractivity contribution in [3.8, 4) is 0 Å². The summed E-state index contributed by atoms with van der Waals surface area (Å²) >= 11 is 0. The minimum absolute atomic E-state index is 0.0316. The third-order valence-electron chi connectivity index (χ3n) is 2.56. The molecule has 0 spiro atoms. The molecule has 1 atom stereocenters. The van der Waals surface area contributed by atoms with E-state index < -0.39 is 16.1 Å². The molecular weight excluding hydrogens is 270 g/mol. The van der Waals surface area contributed by atoms with Crippen LogP contribution in [0.2, 0.25) is 0 Å². The van der Waals surface area contributed by atoms with E-state index in [0.717, 1.165) is 4.31 Å². The van der Waals surface area contributed by atoms with Crippen LogP contribution in [0.15, 0.2) is 23.2 Å². The maximum Gasteiger partial charge on any atom is 0.244 e. The van der Waals surface area contributed by atoms with Gasteiger partial charge in [-0.25, -0.2) is 8.42 Å². The summed E-state index contributed by atoms with van der Waals surface area (Å²) in [4.78, 5) is 4.00. The number of rotatable bonds is 7. The Bertz CT molecular complexity index is 506. The molecule has 0 saturated carbocycles. The number of methoxy groups -OCH3 is 1. The number of hydrogen-bond acceptors (Lipinski definition) is 6. The molecule has 8 heteroatoms. The molecule has 0 fully saturated rings. The van der Waals surface area contributed by atoms with Crippen molar-refractivity contribution < 1.29 is 18.3 Å². The second-order valence-electron chi connectivity index (χ2n) is 4.05. The van der Waals surface area contributed by atoms with Crippen molar-refractivity contribution in [3.63, 3.8) is 0 Å². The predicted molar refractivity (Wildman–Crippen MR) is 69.8 cm³/mol. The molecule has 0 aromatic carbocycles. The van der Waals surface area contributed by atoms with E-state index in [9.17, 15) is 13.5 Å². The molecular formula is C11H19N3O4S. The number of nitrogens with zero attached hydrogens (tertiary/aromatic N) is 2. The van der Waals surface area contributed by atoms with Gasteiger partial charge in [-0.1, -0.05) is 0 Å². The average Bonchev–Trinajstić information content (AvgIpc) is 2.38. The molecule has 1 aromatic rings. The van der Waals surface area contributed by atoms with Gasteiger partial charge in [0.15, 0.2) is 0 Å². The Balaban J connectivity index is 2.97. The fraction of sp³-hybridized carbons (Fsp3) is 0.545. The fourth-order valence-electron chi connectivity index (χ4n) is 1.62. The Kier molecular flexibility index (Phi) is 5.83. The van der Waals surface area contributed by atoms with Gasteiger partial charge in [0, 0.05) is 33.4 Å². The first-order valence-corrected chi connectivity index (χ1v) is 7.14. The highest BCUT2D eigenvalue weighted by Crippen LogP contribution is 2.17. The summed E-state index contributed by atoms with van der Waals surface area (Å²) < 4.78 is 30.5. The molecule has 1 heterocycles. The molecule has 7 nitrogen and oxygen atoms in total. The summed E-state index contributed by atoms with van der Waals surface area (Å²) in [6.45, 7) is 0.0373. The maximum atomic E-state index is 12.3. The highest BCUT2D eigenvalue weighted by molar-refractivity contribution is 7.89. The lowest BCUT2D eigenvalue weighted by molar-refractivity contribution is 0.0554. The molecule has 0 bridgehead atoms. The number of hydrogen-bond donors (Lipinski definition) is 2. The van der Waals surface area contributed by atoms with E-state index in [-0.39, 0.29) is 24.6 Å². The van der Waals surface area contributed by atoms with Crippen LogP contribution in [-0.4, -0.2) is 56.2 Å². The van der Waals surface area contributed by atoms with Crippen LogP contribution in [0.25, 0.3) is 0 Å². The van der Waals surface area contributed by atoms with Gasteiger partial charge in [0.25, 0.3) is 0 Å². The summed E-state index contributed by atoms with van der Waals surface area (Å²) in [7, 11) is -0.894. The first-order chi connectivity index (χ1) is 8.93. The Morgan fingerprint density at radius 2 is 2.26 bits per heavy atom. The number of aromatic nitrogens is 1. The van der Waals surface area contributed by atoms with E-state index in [0.29, 0.717) is 5.69 Å². The van der Waals surface area contributed by atoms with Crippen LogP contribution in [0, 0.1) is 0 Å². The molecule has 0 radical (unpaired) electrons. The predicted octanol–water partition coefficient (Wildman–Crippen LogP) is -0.832. The molecule has 1 unspecified atom stereocenters. The van der Waals surface area contributed by atoms with Gasteiger partial charge in [0.05, 0.1) is 18.4 Å². The molecule has 0 aliphatic carbocycles. The van der Waals surface area contributed by atoms with E-state index in [4.69, 9.17) is 10.5 Å². The molecule has 19 heavy (non-hydrogen) atoms. The van der Waals surface area contributed by atoms with Crippen LogP contribution >= 0.6 is 0 Å². The zero-order valence-corrected chi connectivity index (χ0v) is 11.8. The minimum atomic E-state index is -3.72. The van der Waals surface area contributed by atoms with Crippen molar-refractivity contribution in [2.75, 3.05) is 27.3 Å². The number of aliphatic hydroxyl groups is 1. The third kappa shape index (κ3) is 3.95. The van der Waals surface area contributed by atoms with Crippen molar-refractivity contribution in [2.24, 2.45) is 5.73 Å². The highest BCUT2D eigenvalue weighted by atomic mass is 32.2. The molecule has 0 amide bonds. The van der Waals surface area contributed by atoms with Crippen LogP contribution in [0.1, 0.15) is 5.69 Å². The average molecular weight is 289 g/mol. The van der Waals surface area contributed by atoms with Crippen LogP contribution in [0.4, 0.5) is 0 Å². The largest absolute Gasteiger partial charge is 0.389 e. The van der Waals surface area contributed by atoms with E-state index in [1.54, 1.807) is 0 Å². The van der Waals surface area contributed by atoms with Crippen LogP contribution in [0.5, 0.6) is 0 Å². The molecule has 108 valence electrons. The van der Waals surface area contributed by atoms with Gasteiger partial charge in [-0.2, -0.15) is 4.31 Å². The van der Waals surface area contributed by atoms with Gasteiger partial charge in [0.2, 0.25) is 10.0 Å². The second kappa shape index (κ2) is 6.92. The summed E-state index contributed by atoms with van der Waals surface area (Å²) in [6.07, 6.45) is 0.601. The van der Waals surface area contributed by atoms with Crippen molar-refractivity contribution >= 4 is 10.0 Å². The number of nitrogens with two attached hydrogens (primary N) is 1. The first-order valence-electron chi connectivity index (χ1n) is 5.70. The lowest BCUT2D eigenvalue weighted by atomic mass is 10.3. The Morgan fingerprint density at radius 3 is 2.84 bits per heavy atom.